The number of hydrogen-bond acceptors (Lipinski definition) is 2. The fraction of sp³-hybridized carbons (Fsp3) is 0.143. The van der Waals surface area contributed by atoms with E-state index in [1.54, 1.807) is 6.07 Å². The summed E-state index contributed by atoms with van der Waals surface area (Å²) in [4.78, 5) is 12.6. The molecule has 0 fully saturated rings. The molecule has 0 aliphatic carbocycles. The summed E-state index contributed by atoms with van der Waals surface area (Å²) >= 11 is 0. The van der Waals surface area contributed by atoms with E-state index < -0.39 is 0 Å². The van der Waals surface area contributed by atoms with Gasteiger partial charge < -0.3 is 9.88 Å². The number of aryl methyl sites for hydroxylation is 1. The highest BCUT2D eigenvalue weighted by Crippen LogP contribution is 2.23. The summed E-state index contributed by atoms with van der Waals surface area (Å²) in [6.07, 6.45) is 4.12. The number of aromatic nitrogens is 3. The predicted molar refractivity (Wildman–Crippen MR) is 103 cm³/mol. The number of benzene rings is 2. The van der Waals surface area contributed by atoms with Crippen molar-refractivity contribution in [3.05, 3.63) is 77.9 Å². The summed E-state index contributed by atoms with van der Waals surface area (Å²) < 4.78 is 15.5. The van der Waals surface area contributed by atoms with Crippen molar-refractivity contribution in [2.24, 2.45) is 7.05 Å². The first kappa shape index (κ1) is 17.0. The van der Waals surface area contributed by atoms with E-state index in [9.17, 15) is 9.18 Å². The SMILES string of the molecule is Cn1cc(CCNC(=O)c2cn[nH]c2-c2ccccc2)c2cc(F)ccc21. The molecule has 0 saturated carbocycles. The second kappa shape index (κ2) is 7.07. The van der Waals surface area contributed by atoms with E-state index >= 15 is 0 Å². The first-order chi connectivity index (χ1) is 13.1. The van der Waals surface area contributed by atoms with Crippen molar-refractivity contribution in [1.82, 2.24) is 20.1 Å². The Labute approximate surface area is 155 Å². The van der Waals surface area contributed by atoms with Gasteiger partial charge in [0.2, 0.25) is 0 Å². The third-order valence-corrected chi connectivity index (χ3v) is 4.66. The maximum Gasteiger partial charge on any atom is 0.255 e. The third kappa shape index (κ3) is 3.33. The standard InChI is InChI=1S/C21H19FN4O/c1-26-13-15(17-11-16(22)7-8-19(17)26)9-10-23-21(27)18-12-24-25-20(18)14-5-3-2-4-6-14/h2-8,11-13H,9-10H2,1H3,(H,23,27)(H,24,25). The average Bonchev–Trinajstić information content (AvgIpc) is 3.28. The number of fused-ring (bicyclic) bond motifs is 1. The van der Waals surface area contributed by atoms with E-state index in [1.807, 2.05) is 48.1 Å². The van der Waals surface area contributed by atoms with Crippen molar-refractivity contribution in [2.75, 3.05) is 6.54 Å². The molecule has 4 rings (SSSR count). The number of rotatable bonds is 5. The zero-order valence-corrected chi connectivity index (χ0v) is 14.9. The van der Waals surface area contributed by atoms with Gasteiger partial charge in [-0.2, -0.15) is 5.10 Å². The number of nitrogens with zero attached hydrogens (tertiary/aromatic N) is 2. The molecular weight excluding hydrogens is 343 g/mol. The molecule has 27 heavy (non-hydrogen) atoms. The van der Waals surface area contributed by atoms with Crippen LogP contribution in [0.25, 0.3) is 22.2 Å². The minimum absolute atomic E-state index is 0.186. The van der Waals surface area contributed by atoms with E-state index in [4.69, 9.17) is 0 Å². The van der Waals surface area contributed by atoms with Crippen LogP contribution in [0, 0.1) is 5.82 Å². The van der Waals surface area contributed by atoms with Crippen LogP contribution in [0.15, 0.2) is 60.9 Å². The first-order valence-electron chi connectivity index (χ1n) is 8.74. The number of H-pyrrole nitrogens is 1. The summed E-state index contributed by atoms with van der Waals surface area (Å²) in [7, 11) is 1.93. The molecule has 0 saturated heterocycles. The highest BCUT2D eigenvalue weighted by Gasteiger charge is 2.15. The van der Waals surface area contributed by atoms with Crippen molar-refractivity contribution >= 4 is 16.8 Å². The molecule has 2 aromatic carbocycles. The molecule has 4 aromatic rings. The molecule has 2 N–H and O–H groups in total. The summed E-state index contributed by atoms with van der Waals surface area (Å²) in [6.45, 7) is 0.452. The fourth-order valence-corrected chi connectivity index (χ4v) is 3.33. The Morgan fingerprint density at radius 1 is 1.22 bits per heavy atom. The molecule has 1 amide bonds. The van der Waals surface area contributed by atoms with Gasteiger partial charge in [0.05, 0.1) is 17.5 Å². The molecule has 0 radical (unpaired) electrons. The maximum absolute atomic E-state index is 13.6. The number of aromatic amines is 1. The Morgan fingerprint density at radius 3 is 2.85 bits per heavy atom. The summed E-state index contributed by atoms with van der Waals surface area (Å²) in [5.41, 5.74) is 4.08. The van der Waals surface area contributed by atoms with Crippen LogP contribution >= 0.6 is 0 Å². The van der Waals surface area contributed by atoms with Crippen LogP contribution in [-0.2, 0) is 13.5 Å². The molecule has 0 aliphatic heterocycles. The van der Waals surface area contributed by atoms with Crippen molar-refractivity contribution in [3.63, 3.8) is 0 Å². The number of hydrogen-bond donors (Lipinski definition) is 2. The maximum atomic E-state index is 13.6. The van der Waals surface area contributed by atoms with Gasteiger partial charge in [-0.1, -0.05) is 30.3 Å². The average molecular weight is 362 g/mol. The van der Waals surface area contributed by atoms with Crippen molar-refractivity contribution in [3.8, 4) is 11.3 Å². The van der Waals surface area contributed by atoms with E-state index in [-0.39, 0.29) is 11.7 Å². The van der Waals surface area contributed by atoms with Crippen LogP contribution in [0.4, 0.5) is 4.39 Å². The molecule has 0 unspecified atom stereocenters. The highest BCUT2D eigenvalue weighted by molar-refractivity contribution is 5.99. The fourth-order valence-electron chi connectivity index (χ4n) is 3.33. The molecule has 2 aromatic heterocycles. The van der Waals surface area contributed by atoms with E-state index in [2.05, 4.69) is 15.5 Å². The second-order valence-corrected chi connectivity index (χ2v) is 6.46. The minimum Gasteiger partial charge on any atom is -0.352 e. The lowest BCUT2D eigenvalue weighted by Crippen LogP contribution is -2.25. The van der Waals surface area contributed by atoms with Crippen molar-refractivity contribution < 1.29 is 9.18 Å². The van der Waals surface area contributed by atoms with Crippen molar-refractivity contribution in [2.45, 2.75) is 6.42 Å². The van der Waals surface area contributed by atoms with Gasteiger partial charge in [0.15, 0.2) is 0 Å². The zero-order chi connectivity index (χ0) is 18.8. The van der Waals surface area contributed by atoms with Gasteiger partial charge in [0, 0.05) is 36.3 Å². The lowest BCUT2D eigenvalue weighted by molar-refractivity contribution is 0.0955. The molecule has 2 heterocycles. The molecule has 0 atom stereocenters. The molecular formula is C21H19FN4O. The normalized spacial score (nSPS) is 11.0. The zero-order valence-electron chi connectivity index (χ0n) is 14.9. The van der Waals surface area contributed by atoms with E-state index in [1.165, 1.54) is 18.3 Å². The topological polar surface area (TPSA) is 62.7 Å². The van der Waals surface area contributed by atoms with Crippen molar-refractivity contribution in [1.29, 1.82) is 0 Å². The molecule has 6 heteroatoms. The van der Waals surface area contributed by atoms with E-state index in [0.717, 1.165) is 22.0 Å². The van der Waals surface area contributed by atoms with Crippen LogP contribution in [0.3, 0.4) is 0 Å². The largest absolute Gasteiger partial charge is 0.352 e. The number of halogens is 1. The van der Waals surface area contributed by atoms with Gasteiger partial charge in [-0.05, 0) is 30.2 Å². The van der Waals surface area contributed by atoms with Gasteiger partial charge in [-0.15, -0.1) is 0 Å². The van der Waals surface area contributed by atoms with Crippen LogP contribution in [0.2, 0.25) is 0 Å². The Hall–Kier alpha value is -3.41. The quantitative estimate of drug-likeness (QED) is 0.569. The Bertz CT molecular complexity index is 1100. The number of nitrogens with one attached hydrogen (secondary N) is 2. The number of carbonyl (C=O) groups is 1. The van der Waals surface area contributed by atoms with Gasteiger partial charge in [0.1, 0.15) is 5.82 Å². The molecule has 136 valence electrons. The molecule has 0 spiro atoms. The molecule has 0 aliphatic rings. The summed E-state index contributed by atoms with van der Waals surface area (Å²) in [5.74, 6) is -0.445. The Morgan fingerprint density at radius 2 is 2.04 bits per heavy atom. The van der Waals surface area contributed by atoms with Crippen LogP contribution in [0.5, 0.6) is 0 Å². The van der Waals surface area contributed by atoms with E-state index in [0.29, 0.717) is 24.2 Å². The molecule has 5 nitrogen and oxygen atoms in total. The predicted octanol–water partition coefficient (Wildman–Crippen LogP) is 3.68. The summed E-state index contributed by atoms with van der Waals surface area (Å²) in [6, 6.07) is 14.4. The van der Waals surface area contributed by atoms with Gasteiger partial charge in [-0.25, -0.2) is 4.39 Å². The third-order valence-electron chi connectivity index (χ3n) is 4.66. The Balaban J connectivity index is 1.47. The second-order valence-electron chi connectivity index (χ2n) is 6.46. The van der Waals surface area contributed by atoms with Gasteiger partial charge >= 0.3 is 0 Å². The minimum atomic E-state index is -0.259. The number of amides is 1. The van der Waals surface area contributed by atoms with Gasteiger partial charge in [-0.3, -0.25) is 9.89 Å². The lowest BCUT2D eigenvalue weighted by atomic mass is 10.1. The lowest BCUT2D eigenvalue weighted by Gasteiger charge is -2.06. The van der Waals surface area contributed by atoms with Gasteiger partial charge in [0.25, 0.3) is 5.91 Å². The first-order valence-corrected chi connectivity index (χ1v) is 8.74. The van der Waals surface area contributed by atoms with Crippen LogP contribution in [-0.4, -0.2) is 27.2 Å². The highest BCUT2D eigenvalue weighted by atomic mass is 19.1. The number of carbonyl (C=O) groups excluding carboxylic acids is 1. The smallest absolute Gasteiger partial charge is 0.255 e. The monoisotopic (exact) mass is 362 g/mol. The van der Waals surface area contributed by atoms with Crippen LogP contribution < -0.4 is 5.32 Å². The summed E-state index contributed by atoms with van der Waals surface area (Å²) in [5, 5.41) is 10.7. The molecule has 0 bridgehead atoms. The Kier molecular flexibility index (Phi) is 4.46. The van der Waals surface area contributed by atoms with Crippen LogP contribution in [0.1, 0.15) is 15.9 Å².